The van der Waals surface area contributed by atoms with E-state index in [2.05, 4.69) is 10.3 Å². The summed E-state index contributed by atoms with van der Waals surface area (Å²) in [7, 11) is 0. The fourth-order valence-corrected chi connectivity index (χ4v) is 1.36. The van der Waals surface area contributed by atoms with E-state index in [0.717, 1.165) is 11.3 Å². The van der Waals surface area contributed by atoms with Gasteiger partial charge >= 0.3 is 0 Å². The molecule has 0 aliphatic rings. The lowest BCUT2D eigenvalue weighted by Gasteiger charge is -2.06. The molecule has 0 saturated carbocycles. The van der Waals surface area contributed by atoms with Crippen molar-refractivity contribution in [3.05, 3.63) is 54.0 Å². The number of benzene rings is 1. The first-order valence-corrected chi connectivity index (χ1v) is 4.94. The first kappa shape index (κ1) is 10.4. The Hall–Kier alpha value is -2.10. The van der Waals surface area contributed by atoms with Crippen LogP contribution in [0.3, 0.4) is 0 Å². The van der Waals surface area contributed by atoms with Gasteiger partial charge in [0.25, 0.3) is 0 Å². The number of nitrogen functional groups attached to an aromatic ring is 1. The summed E-state index contributed by atoms with van der Waals surface area (Å²) in [4.78, 5) is 3.95. The molecule has 0 atom stereocenters. The summed E-state index contributed by atoms with van der Waals surface area (Å²) in [5.74, 6) is 0.256. The Bertz CT molecular complexity index is 468. The van der Waals surface area contributed by atoms with Crippen LogP contribution in [0.1, 0.15) is 5.56 Å². The molecule has 1 heterocycles. The average molecular weight is 217 g/mol. The number of nitrogens with two attached hydrogens (primary N) is 1. The van der Waals surface area contributed by atoms with Crippen LogP contribution in [0.2, 0.25) is 0 Å². The SMILES string of the molecule is Nc1ccc(NCc2cccc(F)c2)cn1. The molecule has 0 aliphatic carbocycles. The monoisotopic (exact) mass is 217 g/mol. The van der Waals surface area contributed by atoms with Gasteiger partial charge in [0.15, 0.2) is 0 Å². The third kappa shape index (κ3) is 2.70. The number of rotatable bonds is 3. The van der Waals surface area contributed by atoms with Crippen molar-refractivity contribution in [2.24, 2.45) is 0 Å². The predicted molar refractivity (Wildman–Crippen MR) is 62.4 cm³/mol. The van der Waals surface area contributed by atoms with Crippen molar-refractivity contribution < 1.29 is 4.39 Å². The Balaban J connectivity index is 1.99. The van der Waals surface area contributed by atoms with Crippen LogP contribution in [-0.2, 0) is 6.54 Å². The van der Waals surface area contributed by atoms with Gasteiger partial charge in [-0.25, -0.2) is 9.37 Å². The van der Waals surface area contributed by atoms with Gasteiger partial charge in [-0.2, -0.15) is 0 Å². The van der Waals surface area contributed by atoms with Crippen LogP contribution < -0.4 is 11.1 Å². The molecule has 2 aromatic rings. The Morgan fingerprint density at radius 2 is 2.12 bits per heavy atom. The zero-order valence-corrected chi connectivity index (χ0v) is 8.65. The van der Waals surface area contributed by atoms with Gasteiger partial charge in [0.1, 0.15) is 11.6 Å². The van der Waals surface area contributed by atoms with Crippen LogP contribution in [-0.4, -0.2) is 4.98 Å². The molecule has 0 spiro atoms. The molecule has 16 heavy (non-hydrogen) atoms. The predicted octanol–water partition coefficient (Wildman–Crippen LogP) is 2.42. The lowest BCUT2D eigenvalue weighted by atomic mass is 10.2. The minimum Gasteiger partial charge on any atom is -0.384 e. The fourth-order valence-electron chi connectivity index (χ4n) is 1.36. The minimum atomic E-state index is -0.227. The van der Waals surface area contributed by atoms with Crippen LogP contribution in [0, 0.1) is 5.82 Å². The number of hydrogen-bond acceptors (Lipinski definition) is 3. The lowest BCUT2D eigenvalue weighted by molar-refractivity contribution is 0.626. The Morgan fingerprint density at radius 1 is 1.25 bits per heavy atom. The van der Waals surface area contributed by atoms with E-state index in [1.165, 1.54) is 12.1 Å². The van der Waals surface area contributed by atoms with Crippen LogP contribution in [0.25, 0.3) is 0 Å². The molecule has 0 unspecified atom stereocenters. The first-order chi connectivity index (χ1) is 7.74. The molecular formula is C12H12FN3. The Labute approximate surface area is 93.1 Å². The third-order valence-corrected chi connectivity index (χ3v) is 2.17. The largest absolute Gasteiger partial charge is 0.384 e. The van der Waals surface area contributed by atoms with Crippen LogP contribution in [0.15, 0.2) is 42.6 Å². The summed E-state index contributed by atoms with van der Waals surface area (Å²) in [6.45, 7) is 0.559. The van der Waals surface area contributed by atoms with Gasteiger partial charge in [-0.05, 0) is 29.8 Å². The van der Waals surface area contributed by atoms with E-state index in [4.69, 9.17) is 5.73 Å². The van der Waals surface area contributed by atoms with Gasteiger partial charge in [-0.15, -0.1) is 0 Å². The maximum atomic E-state index is 12.9. The molecular weight excluding hydrogens is 205 g/mol. The van der Waals surface area contributed by atoms with E-state index >= 15 is 0 Å². The van der Waals surface area contributed by atoms with Gasteiger partial charge in [-0.3, -0.25) is 0 Å². The van der Waals surface area contributed by atoms with E-state index in [9.17, 15) is 4.39 Å². The Kier molecular flexibility index (Phi) is 3.00. The summed E-state index contributed by atoms with van der Waals surface area (Å²) < 4.78 is 12.9. The second-order valence-electron chi connectivity index (χ2n) is 3.46. The second-order valence-corrected chi connectivity index (χ2v) is 3.46. The van der Waals surface area contributed by atoms with Crippen LogP contribution >= 0.6 is 0 Å². The van der Waals surface area contributed by atoms with Gasteiger partial charge in [-0.1, -0.05) is 12.1 Å². The zero-order valence-electron chi connectivity index (χ0n) is 8.65. The fraction of sp³-hybridized carbons (Fsp3) is 0.0833. The molecule has 2 rings (SSSR count). The van der Waals surface area contributed by atoms with Gasteiger partial charge in [0.2, 0.25) is 0 Å². The van der Waals surface area contributed by atoms with E-state index in [1.54, 1.807) is 18.3 Å². The maximum Gasteiger partial charge on any atom is 0.123 e. The number of nitrogens with one attached hydrogen (secondary N) is 1. The molecule has 0 saturated heterocycles. The summed E-state index contributed by atoms with van der Waals surface area (Å²) in [6, 6.07) is 10.0. The molecule has 82 valence electrons. The standard InChI is InChI=1S/C12H12FN3/c13-10-3-1-2-9(6-10)7-15-11-4-5-12(14)16-8-11/h1-6,8,15H,7H2,(H2,14,16). The molecule has 3 N–H and O–H groups in total. The number of hydrogen-bond donors (Lipinski definition) is 2. The highest BCUT2D eigenvalue weighted by Crippen LogP contribution is 2.10. The molecule has 4 heteroatoms. The van der Waals surface area contributed by atoms with Crippen molar-refractivity contribution in [1.29, 1.82) is 0 Å². The molecule has 3 nitrogen and oxygen atoms in total. The molecule has 0 bridgehead atoms. The molecule has 1 aromatic heterocycles. The van der Waals surface area contributed by atoms with Gasteiger partial charge < -0.3 is 11.1 Å². The maximum absolute atomic E-state index is 12.9. The quantitative estimate of drug-likeness (QED) is 0.830. The van der Waals surface area contributed by atoms with Crippen molar-refractivity contribution in [1.82, 2.24) is 4.98 Å². The minimum absolute atomic E-state index is 0.227. The first-order valence-electron chi connectivity index (χ1n) is 4.94. The van der Waals surface area contributed by atoms with Gasteiger partial charge in [0, 0.05) is 6.54 Å². The molecule has 0 fully saturated rings. The Morgan fingerprint density at radius 3 is 2.81 bits per heavy atom. The highest BCUT2D eigenvalue weighted by molar-refractivity contribution is 5.45. The van der Waals surface area contributed by atoms with E-state index in [-0.39, 0.29) is 5.82 Å². The third-order valence-electron chi connectivity index (χ3n) is 2.17. The summed E-state index contributed by atoms with van der Waals surface area (Å²) in [5.41, 5.74) is 7.21. The molecule has 0 aliphatic heterocycles. The van der Waals surface area contributed by atoms with Gasteiger partial charge in [0.05, 0.1) is 11.9 Å². The second kappa shape index (κ2) is 4.61. The number of halogens is 1. The van der Waals surface area contributed by atoms with Crippen molar-refractivity contribution >= 4 is 11.5 Å². The number of aromatic nitrogens is 1. The van der Waals surface area contributed by atoms with Crippen molar-refractivity contribution in [2.75, 3.05) is 11.1 Å². The molecule has 0 amide bonds. The van der Waals surface area contributed by atoms with Crippen molar-refractivity contribution in [2.45, 2.75) is 6.54 Å². The summed E-state index contributed by atoms with van der Waals surface area (Å²) >= 11 is 0. The topological polar surface area (TPSA) is 50.9 Å². The van der Waals surface area contributed by atoms with Crippen molar-refractivity contribution in [3.63, 3.8) is 0 Å². The van der Waals surface area contributed by atoms with E-state index < -0.39 is 0 Å². The average Bonchev–Trinajstić information content (AvgIpc) is 2.28. The number of nitrogens with zero attached hydrogens (tertiary/aromatic N) is 1. The summed E-state index contributed by atoms with van der Waals surface area (Å²) in [5, 5.41) is 3.13. The van der Waals surface area contributed by atoms with Crippen LogP contribution in [0.4, 0.5) is 15.9 Å². The lowest BCUT2D eigenvalue weighted by Crippen LogP contribution is -2.00. The van der Waals surface area contributed by atoms with E-state index in [0.29, 0.717) is 12.4 Å². The summed E-state index contributed by atoms with van der Waals surface area (Å²) in [6.07, 6.45) is 1.65. The smallest absolute Gasteiger partial charge is 0.123 e. The number of pyridine rings is 1. The number of anilines is 2. The normalized spacial score (nSPS) is 10.1. The highest BCUT2D eigenvalue weighted by Gasteiger charge is 1.96. The van der Waals surface area contributed by atoms with Crippen LogP contribution in [0.5, 0.6) is 0 Å². The van der Waals surface area contributed by atoms with E-state index in [1.807, 2.05) is 12.1 Å². The zero-order chi connectivity index (χ0) is 11.4. The van der Waals surface area contributed by atoms with Crippen molar-refractivity contribution in [3.8, 4) is 0 Å². The molecule has 1 aromatic carbocycles. The highest BCUT2D eigenvalue weighted by atomic mass is 19.1. The molecule has 0 radical (unpaired) electrons.